The quantitative estimate of drug-likeness (QED) is 0.634. The number of nitrogens with zero attached hydrogens (tertiary/aromatic N) is 2. The Morgan fingerprint density at radius 2 is 1.84 bits per heavy atom. The topological polar surface area (TPSA) is 93.4 Å². The van der Waals surface area contributed by atoms with Gasteiger partial charge in [-0.05, 0) is 73.2 Å². The van der Waals surface area contributed by atoms with E-state index in [4.69, 9.17) is 16.7 Å². The number of anilines is 1. The second kappa shape index (κ2) is 7.69. The average Bonchev–Trinajstić information content (AvgIpc) is 3.32. The van der Waals surface area contributed by atoms with Crippen LogP contribution in [0.2, 0.25) is 5.02 Å². The maximum Gasteiger partial charge on any atom is 0.239 e. The number of carbonyl (C=O) groups excluding carboxylic acids is 1. The van der Waals surface area contributed by atoms with Crippen LogP contribution in [-0.4, -0.2) is 25.4 Å². The smallest absolute Gasteiger partial charge is 0.239 e. The molecule has 0 spiro atoms. The molecule has 1 aliphatic carbocycles. The monoisotopic (exact) mass is 467 g/mol. The largest absolute Gasteiger partial charge is 0.309 e. The summed E-state index contributed by atoms with van der Waals surface area (Å²) in [5, 5.41) is 5.42. The van der Waals surface area contributed by atoms with Crippen LogP contribution >= 0.6 is 11.6 Å². The Morgan fingerprint density at radius 1 is 1.06 bits per heavy atom. The van der Waals surface area contributed by atoms with Gasteiger partial charge in [0.25, 0.3) is 0 Å². The van der Waals surface area contributed by atoms with Crippen molar-refractivity contribution in [3.63, 3.8) is 0 Å². The Morgan fingerprint density at radius 3 is 2.56 bits per heavy atom. The second-order valence-electron chi connectivity index (χ2n) is 8.52. The summed E-state index contributed by atoms with van der Waals surface area (Å²) in [6.45, 7) is 1.96. The first kappa shape index (κ1) is 21.1. The molecule has 3 aromatic rings. The highest BCUT2D eigenvalue weighted by molar-refractivity contribution is 7.89. The number of carbonyl (C=O) groups is 1. The van der Waals surface area contributed by atoms with Crippen LogP contribution in [0.25, 0.3) is 11.3 Å². The number of pyridine rings is 1. The Labute approximate surface area is 192 Å². The predicted molar refractivity (Wildman–Crippen MR) is 124 cm³/mol. The van der Waals surface area contributed by atoms with Crippen LogP contribution in [0.5, 0.6) is 0 Å². The van der Waals surface area contributed by atoms with Gasteiger partial charge in [-0.25, -0.2) is 13.6 Å². The molecule has 8 heteroatoms. The summed E-state index contributed by atoms with van der Waals surface area (Å²) in [5.41, 5.74) is 5.69. The second-order valence-corrected chi connectivity index (χ2v) is 10.5. The molecule has 1 aromatic heterocycles. The fourth-order valence-electron chi connectivity index (χ4n) is 4.85. The molecule has 1 aliphatic heterocycles. The van der Waals surface area contributed by atoms with Crippen LogP contribution in [-0.2, 0) is 34.1 Å². The molecule has 0 saturated heterocycles. The molecule has 0 saturated carbocycles. The molecule has 6 nitrogen and oxygen atoms in total. The van der Waals surface area contributed by atoms with Crippen LogP contribution < -0.4 is 10.0 Å². The number of primary sulfonamides is 1. The van der Waals surface area contributed by atoms with Gasteiger partial charge in [0.1, 0.15) is 4.90 Å². The number of halogens is 1. The van der Waals surface area contributed by atoms with Crippen LogP contribution in [0.4, 0.5) is 5.69 Å². The molecular formula is C24H22ClN3O3S. The zero-order chi connectivity index (χ0) is 22.6. The summed E-state index contributed by atoms with van der Waals surface area (Å²) in [6, 6.07) is 15.0. The third-order valence-electron chi connectivity index (χ3n) is 6.34. The Bertz CT molecular complexity index is 1340. The van der Waals surface area contributed by atoms with Crippen molar-refractivity contribution in [2.75, 3.05) is 4.90 Å². The van der Waals surface area contributed by atoms with E-state index in [1.165, 1.54) is 6.07 Å². The van der Waals surface area contributed by atoms with Crippen LogP contribution in [0.1, 0.15) is 23.6 Å². The molecule has 0 bridgehead atoms. The van der Waals surface area contributed by atoms with Gasteiger partial charge in [-0.1, -0.05) is 29.8 Å². The number of rotatable bonds is 3. The number of benzene rings is 2. The van der Waals surface area contributed by atoms with E-state index in [-0.39, 0.29) is 27.8 Å². The van der Waals surface area contributed by atoms with Gasteiger partial charge in [0.2, 0.25) is 15.9 Å². The summed E-state index contributed by atoms with van der Waals surface area (Å²) in [7, 11) is -3.99. The molecule has 32 heavy (non-hydrogen) atoms. The number of fused-ring (bicyclic) bond motifs is 2. The molecule has 2 heterocycles. The maximum absolute atomic E-state index is 13.6. The number of hydrogen-bond acceptors (Lipinski definition) is 4. The molecule has 0 radical (unpaired) electrons. The molecule has 2 unspecified atom stereocenters. The summed E-state index contributed by atoms with van der Waals surface area (Å²) in [6.07, 6.45) is 3.69. The molecular weight excluding hydrogens is 446 g/mol. The molecule has 2 N–H and O–H groups in total. The van der Waals surface area contributed by atoms with Crippen LogP contribution in [0, 0.1) is 5.92 Å². The van der Waals surface area contributed by atoms with Gasteiger partial charge in [0, 0.05) is 29.4 Å². The van der Waals surface area contributed by atoms with Crippen molar-refractivity contribution >= 4 is 33.2 Å². The van der Waals surface area contributed by atoms with Gasteiger partial charge in [-0.3, -0.25) is 9.78 Å². The third-order valence-corrected chi connectivity index (χ3v) is 7.72. The van der Waals surface area contributed by atoms with Crippen molar-refractivity contribution in [3.8, 4) is 11.3 Å². The predicted octanol–water partition coefficient (Wildman–Crippen LogP) is 3.74. The zero-order valence-corrected chi connectivity index (χ0v) is 19.0. The Kier molecular flexibility index (Phi) is 5.08. The van der Waals surface area contributed by atoms with Crippen LogP contribution in [0.3, 0.4) is 0 Å². The lowest BCUT2D eigenvalue weighted by atomic mass is 10.0. The molecule has 2 aromatic carbocycles. The van der Waals surface area contributed by atoms with Crippen molar-refractivity contribution in [1.29, 1.82) is 0 Å². The fourth-order valence-corrected chi connectivity index (χ4v) is 5.97. The summed E-state index contributed by atoms with van der Waals surface area (Å²) in [5.74, 6) is -0.208. The van der Waals surface area contributed by atoms with Crippen molar-refractivity contribution in [3.05, 3.63) is 76.4 Å². The van der Waals surface area contributed by atoms with Gasteiger partial charge in [-0.2, -0.15) is 0 Å². The average molecular weight is 468 g/mol. The number of aromatic nitrogens is 1. The standard InChI is InChI=1S/C24H22ClN3O3S/c1-14-8-18-12-20(25)23(32(26,30)31)13-22(18)28(14)24(29)19-9-15-5-6-16(10-17(15)11-19)21-4-2-3-7-27-21/h2-7,10,12-14,19H,8-9,11H2,1H3,(H2,26,30,31). The highest BCUT2D eigenvalue weighted by Crippen LogP contribution is 2.40. The first-order valence-corrected chi connectivity index (χ1v) is 12.4. The summed E-state index contributed by atoms with van der Waals surface area (Å²) < 4.78 is 23.9. The first-order chi connectivity index (χ1) is 15.2. The molecule has 2 aliphatic rings. The normalized spacial score (nSPS) is 19.7. The van der Waals surface area contributed by atoms with E-state index in [9.17, 15) is 13.2 Å². The molecule has 2 atom stereocenters. The number of hydrogen-bond donors (Lipinski definition) is 1. The minimum absolute atomic E-state index is 0.00507. The highest BCUT2D eigenvalue weighted by atomic mass is 35.5. The first-order valence-electron chi connectivity index (χ1n) is 10.4. The lowest BCUT2D eigenvalue weighted by Gasteiger charge is -2.26. The van der Waals surface area contributed by atoms with E-state index in [0.717, 1.165) is 27.9 Å². The van der Waals surface area contributed by atoms with Crippen molar-refractivity contribution < 1.29 is 13.2 Å². The Balaban J connectivity index is 1.44. The number of nitrogens with two attached hydrogens (primary N) is 1. The fraction of sp³-hybridized carbons (Fsp3) is 0.250. The van der Waals surface area contributed by atoms with E-state index < -0.39 is 10.0 Å². The number of sulfonamides is 1. The summed E-state index contributed by atoms with van der Waals surface area (Å²) in [4.78, 5) is 19.6. The van der Waals surface area contributed by atoms with Crippen molar-refractivity contribution in [1.82, 2.24) is 4.98 Å². The molecule has 0 fully saturated rings. The van der Waals surface area contributed by atoms with Gasteiger partial charge >= 0.3 is 0 Å². The van der Waals surface area contributed by atoms with E-state index >= 15 is 0 Å². The Hall–Kier alpha value is -2.74. The molecule has 1 amide bonds. The van der Waals surface area contributed by atoms with E-state index in [0.29, 0.717) is 24.9 Å². The van der Waals surface area contributed by atoms with E-state index in [1.54, 1.807) is 17.2 Å². The minimum Gasteiger partial charge on any atom is -0.309 e. The van der Waals surface area contributed by atoms with E-state index in [1.807, 2.05) is 31.2 Å². The van der Waals surface area contributed by atoms with E-state index in [2.05, 4.69) is 17.1 Å². The van der Waals surface area contributed by atoms with Crippen molar-refractivity contribution in [2.45, 2.75) is 37.1 Å². The molecule has 164 valence electrons. The van der Waals surface area contributed by atoms with Gasteiger partial charge in [0.05, 0.1) is 10.7 Å². The van der Waals surface area contributed by atoms with Crippen LogP contribution in [0.15, 0.2) is 59.6 Å². The zero-order valence-electron chi connectivity index (χ0n) is 17.5. The lowest BCUT2D eigenvalue weighted by Crippen LogP contribution is -2.40. The highest BCUT2D eigenvalue weighted by Gasteiger charge is 2.38. The lowest BCUT2D eigenvalue weighted by molar-refractivity contribution is -0.122. The SMILES string of the molecule is CC1Cc2cc(Cl)c(S(N)(=O)=O)cc2N1C(=O)C1Cc2ccc(-c3ccccn3)cc2C1. The van der Waals surface area contributed by atoms with Gasteiger partial charge in [-0.15, -0.1) is 0 Å². The van der Waals surface area contributed by atoms with Crippen molar-refractivity contribution in [2.24, 2.45) is 11.1 Å². The molecule has 5 rings (SSSR count). The third kappa shape index (κ3) is 3.60. The van der Waals surface area contributed by atoms with Gasteiger partial charge in [0.15, 0.2) is 0 Å². The maximum atomic E-state index is 13.6. The minimum atomic E-state index is -3.99. The number of amides is 1. The summed E-state index contributed by atoms with van der Waals surface area (Å²) >= 11 is 6.15. The van der Waals surface area contributed by atoms with Gasteiger partial charge < -0.3 is 4.90 Å².